The van der Waals surface area contributed by atoms with Crippen molar-refractivity contribution in [3.05, 3.63) is 39.9 Å². The van der Waals surface area contributed by atoms with Crippen LogP contribution in [0.4, 0.5) is 14.5 Å². The number of halogens is 2. The van der Waals surface area contributed by atoms with Gasteiger partial charge in [-0.1, -0.05) is 19.1 Å². The lowest BCUT2D eigenvalue weighted by Gasteiger charge is -2.16. The van der Waals surface area contributed by atoms with Gasteiger partial charge in [0.2, 0.25) is 0 Å². The number of benzene rings is 1. The van der Waals surface area contributed by atoms with Crippen LogP contribution in [0.2, 0.25) is 0 Å². The molecule has 1 unspecified atom stereocenters. The Morgan fingerprint density at radius 1 is 1.47 bits per heavy atom. The zero-order valence-corrected chi connectivity index (χ0v) is 9.40. The van der Waals surface area contributed by atoms with Crippen molar-refractivity contribution < 1.29 is 13.7 Å². The summed E-state index contributed by atoms with van der Waals surface area (Å²) in [6.45, 7) is 1.42. The van der Waals surface area contributed by atoms with Gasteiger partial charge in [0.1, 0.15) is 0 Å². The largest absolute Gasteiger partial charge is 0.305 e. The maximum absolute atomic E-state index is 12.1. The maximum Gasteiger partial charge on any atom is 0.269 e. The molecule has 0 heterocycles. The second kappa shape index (κ2) is 6.24. The molecule has 94 valence electrons. The molecule has 1 atom stereocenters. The van der Waals surface area contributed by atoms with Gasteiger partial charge in [0.15, 0.2) is 0 Å². The molecule has 1 N–H and O–H groups in total. The van der Waals surface area contributed by atoms with Gasteiger partial charge in [0, 0.05) is 18.2 Å². The van der Waals surface area contributed by atoms with Crippen molar-refractivity contribution in [2.45, 2.75) is 25.8 Å². The van der Waals surface area contributed by atoms with Gasteiger partial charge >= 0.3 is 0 Å². The number of rotatable bonds is 6. The zero-order chi connectivity index (χ0) is 12.8. The van der Waals surface area contributed by atoms with Crippen molar-refractivity contribution in [3.8, 4) is 0 Å². The monoisotopic (exact) mass is 244 g/mol. The summed E-state index contributed by atoms with van der Waals surface area (Å²) < 4.78 is 24.2. The molecule has 1 aromatic carbocycles. The highest BCUT2D eigenvalue weighted by Crippen LogP contribution is 2.21. The van der Waals surface area contributed by atoms with E-state index in [1.807, 2.05) is 6.92 Å². The quantitative estimate of drug-likeness (QED) is 0.618. The van der Waals surface area contributed by atoms with Crippen LogP contribution in [0.3, 0.4) is 0 Å². The van der Waals surface area contributed by atoms with E-state index in [1.54, 1.807) is 12.1 Å². The number of hydrogen-bond donors (Lipinski definition) is 1. The third kappa shape index (κ3) is 4.07. The molecule has 17 heavy (non-hydrogen) atoms. The number of nitrogens with zero attached hydrogens (tertiary/aromatic N) is 1. The summed E-state index contributed by atoms with van der Waals surface area (Å²) in [4.78, 5) is 10.1. The van der Waals surface area contributed by atoms with Crippen molar-refractivity contribution in [2.24, 2.45) is 0 Å². The maximum atomic E-state index is 12.1. The van der Waals surface area contributed by atoms with Gasteiger partial charge in [-0.2, -0.15) is 0 Å². The molecule has 0 amide bonds. The van der Waals surface area contributed by atoms with Gasteiger partial charge in [-0.25, -0.2) is 8.78 Å². The SMILES string of the molecule is CCC(NCC(F)F)c1cccc([N+](=O)[O-])c1. The second-order valence-electron chi connectivity index (χ2n) is 3.61. The fraction of sp³-hybridized carbons (Fsp3) is 0.455. The van der Waals surface area contributed by atoms with Crippen LogP contribution in [-0.4, -0.2) is 17.9 Å². The van der Waals surface area contributed by atoms with E-state index in [1.165, 1.54) is 12.1 Å². The van der Waals surface area contributed by atoms with Crippen molar-refractivity contribution in [2.75, 3.05) is 6.54 Å². The molecule has 1 aromatic rings. The minimum Gasteiger partial charge on any atom is -0.305 e. The highest BCUT2D eigenvalue weighted by molar-refractivity contribution is 5.35. The van der Waals surface area contributed by atoms with E-state index in [-0.39, 0.29) is 11.7 Å². The summed E-state index contributed by atoms with van der Waals surface area (Å²) in [7, 11) is 0. The normalized spacial score (nSPS) is 12.7. The van der Waals surface area contributed by atoms with Crippen molar-refractivity contribution >= 4 is 5.69 Å². The minimum absolute atomic E-state index is 0.0280. The molecule has 1 rings (SSSR count). The van der Waals surface area contributed by atoms with Gasteiger partial charge in [-0.3, -0.25) is 10.1 Å². The fourth-order valence-corrected chi connectivity index (χ4v) is 1.58. The first-order valence-electron chi connectivity index (χ1n) is 5.30. The Kier molecular flexibility index (Phi) is 4.96. The lowest BCUT2D eigenvalue weighted by atomic mass is 10.0. The molecule has 4 nitrogen and oxygen atoms in total. The summed E-state index contributed by atoms with van der Waals surface area (Å²) in [5.74, 6) is 0. The first kappa shape index (κ1) is 13.5. The summed E-state index contributed by atoms with van der Waals surface area (Å²) in [5, 5.41) is 13.3. The third-order valence-corrected chi connectivity index (χ3v) is 2.41. The van der Waals surface area contributed by atoms with Crippen LogP contribution in [-0.2, 0) is 0 Å². The average Bonchev–Trinajstić information content (AvgIpc) is 2.30. The van der Waals surface area contributed by atoms with E-state index >= 15 is 0 Å². The highest BCUT2D eigenvalue weighted by Gasteiger charge is 2.14. The predicted molar refractivity (Wildman–Crippen MR) is 60.1 cm³/mol. The molecule has 0 aliphatic rings. The Morgan fingerprint density at radius 3 is 2.71 bits per heavy atom. The number of nitro benzene ring substituents is 1. The van der Waals surface area contributed by atoms with Crippen LogP contribution in [0.5, 0.6) is 0 Å². The fourth-order valence-electron chi connectivity index (χ4n) is 1.58. The molecule has 0 saturated carbocycles. The standard InChI is InChI=1S/C11H14F2N2O2/c1-2-10(14-7-11(12)13)8-4-3-5-9(6-8)15(16)17/h3-6,10-11,14H,2,7H2,1H3. The molecule has 0 spiro atoms. The summed E-state index contributed by atoms with van der Waals surface area (Å²) in [5.41, 5.74) is 0.627. The Balaban J connectivity index is 2.80. The van der Waals surface area contributed by atoms with E-state index in [0.717, 1.165) is 0 Å². The highest BCUT2D eigenvalue weighted by atomic mass is 19.3. The molecular weight excluding hydrogens is 230 g/mol. The molecule has 0 aliphatic heterocycles. The van der Waals surface area contributed by atoms with Gasteiger partial charge in [-0.05, 0) is 12.0 Å². The van der Waals surface area contributed by atoms with Gasteiger partial charge in [0.25, 0.3) is 12.1 Å². The molecular formula is C11H14F2N2O2. The van der Waals surface area contributed by atoms with Crippen LogP contribution in [0.15, 0.2) is 24.3 Å². The third-order valence-electron chi connectivity index (χ3n) is 2.41. The second-order valence-corrected chi connectivity index (χ2v) is 3.61. The summed E-state index contributed by atoms with van der Waals surface area (Å²) in [6, 6.07) is 5.75. The van der Waals surface area contributed by atoms with Crippen LogP contribution < -0.4 is 5.32 Å². The molecule has 6 heteroatoms. The number of nitrogens with one attached hydrogen (secondary N) is 1. The minimum atomic E-state index is -2.43. The van der Waals surface area contributed by atoms with E-state index in [0.29, 0.717) is 12.0 Å². The van der Waals surface area contributed by atoms with E-state index < -0.39 is 17.9 Å². The number of non-ortho nitro benzene ring substituents is 1. The van der Waals surface area contributed by atoms with Crippen LogP contribution in [0.25, 0.3) is 0 Å². The van der Waals surface area contributed by atoms with Crippen molar-refractivity contribution in [1.82, 2.24) is 5.32 Å². The number of nitro groups is 1. The van der Waals surface area contributed by atoms with Gasteiger partial charge in [-0.15, -0.1) is 0 Å². The number of hydrogen-bond acceptors (Lipinski definition) is 3. The topological polar surface area (TPSA) is 55.2 Å². The van der Waals surface area contributed by atoms with Gasteiger partial charge < -0.3 is 5.32 Å². The predicted octanol–water partition coefficient (Wildman–Crippen LogP) is 2.90. The lowest BCUT2D eigenvalue weighted by Crippen LogP contribution is -2.26. The van der Waals surface area contributed by atoms with Crippen LogP contribution in [0.1, 0.15) is 24.9 Å². The summed E-state index contributed by atoms with van der Waals surface area (Å²) >= 11 is 0. The Labute approximate surface area is 97.8 Å². The van der Waals surface area contributed by atoms with Gasteiger partial charge in [0.05, 0.1) is 11.5 Å². The molecule has 0 radical (unpaired) electrons. The zero-order valence-electron chi connectivity index (χ0n) is 9.40. The number of alkyl halides is 2. The van der Waals surface area contributed by atoms with E-state index in [4.69, 9.17) is 0 Å². The Bertz CT molecular complexity index is 385. The Hall–Kier alpha value is -1.56. The Morgan fingerprint density at radius 2 is 2.18 bits per heavy atom. The van der Waals surface area contributed by atoms with Crippen molar-refractivity contribution in [3.63, 3.8) is 0 Å². The molecule has 0 bridgehead atoms. The first-order chi connectivity index (χ1) is 8.04. The van der Waals surface area contributed by atoms with E-state index in [9.17, 15) is 18.9 Å². The lowest BCUT2D eigenvalue weighted by molar-refractivity contribution is -0.384. The molecule has 0 aliphatic carbocycles. The first-order valence-corrected chi connectivity index (χ1v) is 5.30. The molecule has 0 aromatic heterocycles. The molecule has 0 fully saturated rings. The smallest absolute Gasteiger partial charge is 0.269 e. The summed E-state index contributed by atoms with van der Waals surface area (Å²) in [6.07, 6.45) is -1.84. The van der Waals surface area contributed by atoms with E-state index in [2.05, 4.69) is 5.32 Å². The van der Waals surface area contributed by atoms with Crippen molar-refractivity contribution in [1.29, 1.82) is 0 Å². The van der Waals surface area contributed by atoms with Crippen LogP contribution in [0, 0.1) is 10.1 Å². The molecule has 0 saturated heterocycles. The van der Waals surface area contributed by atoms with Crippen LogP contribution >= 0.6 is 0 Å². The average molecular weight is 244 g/mol.